The SMILES string of the molecule is CCC(C)(C)[N+]([O-])=Cc1cc(C(C)(C)C)c(O)c(C(C)(C)C)c1. The van der Waals surface area contributed by atoms with Gasteiger partial charge in [-0.1, -0.05) is 48.5 Å². The van der Waals surface area contributed by atoms with Crippen molar-refractivity contribution in [1.29, 1.82) is 0 Å². The maximum absolute atomic E-state index is 12.5. The Morgan fingerprint density at radius 1 is 0.957 bits per heavy atom. The summed E-state index contributed by atoms with van der Waals surface area (Å²) in [6, 6.07) is 3.86. The Morgan fingerprint density at radius 3 is 1.65 bits per heavy atom. The second kappa shape index (κ2) is 6.18. The van der Waals surface area contributed by atoms with Gasteiger partial charge in [0, 0.05) is 37.0 Å². The normalized spacial score (nSPS) is 14.2. The zero-order valence-electron chi connectivity index (χ0n) is 16.2. The molecule has 0 spiro atoms. The van der Waals surface area contributed by atoms with E-state index in [9.17, 15) is 10.3 Å². The van der Waals surface area contributed by atoms with E-state index in [1.54, 1.807) is 6.21 Å². The van der Waals surface area contributed by atoms with Gasteiger partial charge in [-0.15, -0.1) is 0 Å². The number of phenolic OH excluding ortho intramolecular Hbond substituents is 1. The van der Waals surface area contributed by atoms with Gasteiger partial charge in [-0.25, -0.2) is 4.74 Å². The molecule has 23 heavy (non-hydrogen) atoms. The number of hydrogen-bond donors (Lipinski definition) is 1. The molecule has 0 bridgehead atoms. The van der Waals surface area contributed by atoms with Crippen molar-refractivity contribution in [3.63, 3.8) is 0 Å². The minimum Gasteiger partial charge on any atom is -0.623 e. The van der Waals surface area contributed by atoms with Crippen LogP contribution in [-0.4, -0.2) is 21.6 Å². The van der Waals surface area contributed by atoms with Gasteiger partial charge in [0.1, 0.15) is 5.75 Å². The van der Waals surface area contributed by atoms with Gasteiger partial charge in [-0.05, 0) is 23.0 Å². The Kier molecular flexibility index (Phi) is 5.25. The molecule has 0 heterocycles. The third-order valence-electron chi connectivity index (χ3n) is 4.48. The maximum atomic E-state index is 12.5. The van der Waals surface area contributed by atoms with Gasteiger partial charge in [0.25, 0.3) is 0 Å². The molecule has 0 saturated carbocycles. The highest BCUT2D eigenvalue weighted by molar-refractivity contribution is 5.78. The van der Waals surface area contributed by atoms with Crippen LogP contribution in [0.2, 0.25) is 0 Å². The van der Waals surface area contributed by atoms with E-state index in [1.807, 2.05) is 32.9 Å². The molecule has 1 N–H and O–H groups in total. The van der Waals surface area contributed by atoms with Crippen LogP contribution in [0.15, 0.2) is 12.1 Å². The summed E-state index contributed by atoms with van der Waals surface area (Å²) in [5.41, 5.74) is 1.76. The van der Waals surface area contributed by atoms with Crippen LogP contribution in [0.1, 0.15) is 85.4 Å². The smallest absolute Gasteiger partial charge is 0.182 e. The fourth-order valence-corrected chi connectivity index (χ4v) is 2.34. The second-order valence-electron chi connectivity index (χ2n) is 9.09. The van der Waals surface area contributed by atoms with Gasteiger partial charge in [0.15, 0.2) is 11.8 Å². The first kappa shape index (κ1) is 19.5. The van der Waals surface area contributed by atoms with Crippen molar-refractivity contribution in [1.82, 2.24) is 0 Å². The Labute approximate surface area is 141 Å². The number of nitrogens with zero attached hydrogens (tertiary/aromatic N) is 1. The molecule has 0 radical (unpaired) electrons. The predicted octanol–water partition coefficient (Wildman–Crippen LogP) is 5.11. The number of aromatic hydroxyl groups is 1. The summed E-state index contributed by atoms with van der Waals surface area (Å²) in [5.74, 6) is 0.342. The molecule has 0 amide bonds. The zero-order chi connectivity index (χ0) is 18.2. The molecule has 1 aromatic rings. The number of benzene rings is 1. The van der Waals surface area contributed by atoms with E-state index < -0.39 is 5.54 Å². The molecule has 0 atom stereocenters. The fourth-order valence-electron chi connectivity index (χ4n) is 2.34. The van der Waals surface area contributed by atoms with E-state index in [0.717, 1.165) is 27.9 Å². The Morgan fingerprint density at radius 2 is 1.35 bits per heavy atom. The first-order valence-electron chi connectivity index (χ1n) is 8.39. The summed E-state index contributed by atoms with van der Waals surface area (Å²) in [5, 5.41) is 23.2. The van der Waals surface area contributed by atoms with Crippen molar-refractivity contribution in [2.75, 3.05) is 0 Å². The van der Waals surface area contributed by atoms with Crippen molar-refractivity contribution in [3.05, 3.63) is 34.0 Å². The molecule has 3 nitrogen and oxygen atoms in total. The van der Waals surface area contributed by atoms with Crippen molar-refractivity contribution in [3.8, 4) is 5.75 Å². The highest BCUT2D eigenvalue weighted by atomic mass is 16.5. The van der Waals surface area contributed by atoms with Crippen LogP contribution >= 0.6 is 0 Å². The average Bonchev–Trinajstić information content (AvgIpc) is 2.37. The minimum atomic E-state index is -0.443. The van der Waals surface area contributed by atoms with Crippen molar-refractivity contribution in [2.24, 2.45) is 0 Å². The van der Waals surface area contributed by atoms with Crippen LogP contribution in [0.25, 0.3) is 0 Å². The van der Waals surface area contributed by atoms with Gasteiger partial charge >= 0.3 is 0 Å². The summed E-state index contributed by atoms with van der Waals surface area (Å²) in [4.78, 5) is 0. The minimum absolute atomic E-state index is 0.193. The molecular weight excluding hydrogens is 286 g/mol. The highest BCUT2D eigenvalue weighted by Gasteiger charge is 2.28. The fraction of sp³-hybridized carbons (Fsp3) is 0.650. The molecule has 1 rings (SSSR count). The lowest BCUT2D eigenvalue weighted by Crippen LogP contribution is -2.32. The largest absolute Gasteiger partial charge is 0.623 e. The lowest BCUT2D eigenvalue weighted by atomic mass is 9.78. The molecule has 0 unspecified atom stereocenters. The number of rotatable bonds is 3. The summed E-state index contributed by atoms with van der Waals surface area (Å²) >= 11 is 0. The molecule has 0 aliphatic rings. The van der Waals surface area contributed by atoms with E-state index in [0.29, 0.717) is 5.75 Å². The Balaban J connectivity index is 3.61. The summed E-state index contributed by atoms with van der Waals surface area (Å²) in [6.07, 6.45) is 2.41. The van der Waals surface area contributed by atoms with Crippen molar-refractivity contribution in [2.45, 2.75) is 85.1 Å². The number of phenols is 1. The first-order valence-corrected chi connectivity index (χ1v) is 8.39. The Bertz CT molecular complexity index is 564. The predicted molar refractivity (Wildman–Crippen MR) is 98.7 cm³/mol. The lowest BCUT2D eigenvalue weighted by molar-refractivity contribution is -0.536. The molecule has 0 aromatic heterocycles. The van der Waals surface area contributed by atoms with Crippen LogP contribution < -0.4 is 0 Å². The molecule has 130 valence electrons. The third kappa shape index (κ3) is 4.49. The molecular formula is C20H33NO2. The molecule has 0 fully saturated rings. The standard InChI is InChI=1S/C20H33NO2/c1-10-20(8,9)21(23)13-14-11-15(18(2,3)4)17(22)16(12-14)19(5,6)7/h11-13,22H,10H2,1-9H3. The van der Waals surface area contributed by atoms with Crippen LogP contribution in [0.3, 0.4) is 0 Å². The van der Waals surface area contributed by atoms with E-state index in [1.165, 1.54) is 0 Å². The quantitative estimate of drug-likeness (QED) is 0.364. The maximum Gasteiger partial charge on any atom is 0.182 e. The summed E-state index contributed by atoms with van der Waals surface area (Å²) < 4.78 is 1.03. The monoisotopic (exact) mass is 319 g/mol. The molecule has 0 aliphatic heterocycles. The summed E-state index contributed by atoms with van der Waals surface area (Å²) in [6.45, 7) is 18.3. The van der Waals surface area contributed by atoms with E-state index in [2.05, 4.69) is 41.5 Å². The van der Waals surface area contributed by atoms with Gasteiger partial charge in [0.05, 0.1) is 0 Å². The van der Waals surface area contributed by atoms with Crippen molar-refractivity contribution >= 4 is 6.21 Å². The van der Waals surface area contributed by atoms with E-state index in [-0.39, 0.29) is 10.8 Å². The van der Waals surface area contributed by atoms with Gasteiger partial charge in [0.2, 0.25) is 0 Å². The zero-order valence-corrected chi connectivity index (χ0v) is 16.2. The van der Waals surface area contributed by atoms with E-state index >= 15 is 0 Å². The third-order valence-corrected chi connectivity index (χ3v) is 4.48. The van der Waals surface area contributed by atoms with Crippen LogP contribution in [0.4, 0.5) is 0 Å². The van der Waals surface area contributed by atoms with Crippen LogP contribution in [-0.2, 0) is 10.8 Å². The Hall–Kier alpha value is -1.51. The van der Waals surface area contributed by atoms with Gasteiger partial charge < -0.3 is 10.3 Å². The summed E-state index contributed by atoms with van der Waals surface area (Å²) in [7, 11) is 0. The van der Waals surface area contributed by atoms with Crippen LogP contribution in [0.5, 0.6) is 5.75 Å². The second-order valence-corrected chi connectivity index (χ2v) is 9.09. The van der Waals surface area contributed by atoms with Crippen LogP contribution in [0, 0.1) is 5.21 Å². The molecule has 1 aromatic carbocycles. The molecule has 0 aliphatic carbocycles. The molecule has 0 saturated heterocycles. The number of hydrogen-bond acceptors (Lipinski definition) is 2. The van der Waals surface area contributed by atoms with Gasteiger partial charge in [-0.2, -0.15) is 0 Å². The average molecular weight is 319 g/mol. The van der Waals surface area contributed by atoms with Gasteiger partial charge in [-0.3, -0.25) is 0 Å². The van der Waals surface area contributed by atoms with Crippen molar-refractivity contribution < 1.29 is 9.85 Å². The lowest BCUT2D eigenvalue weighted by Gasteiger charge is -2.28. The molecule has 3 heteroatoms. The first-order chi connectivity index (χ1) is 10.2. The topological polar surface area (TPSA) is 46.3 Å². The number of hydroxylamine groups is 1. The highest BCUT2D eigenvalue weighted by Crippen LogP contribution is 2.39. The van der Waals surface area contributed by atoms with E-state index in [4.69, 9.17) is 0 Å².